The summed E-state index contributed by atoms with van der Waals surface area (Å²) in [6.07, 6.45) is 1.47. The van der Waals surface area contributed by atoms with Crippen molar-refractivity contribution in [1.29, 1.82) is 0 Å². The number of hydrogen-bond donors (Lipinski definition) is 1. The van der Waals surface area contributed by atoms with Gasteiger partial charge in [0.25, 0.3) is 5.89 Å². The van der Waals surface area contributed by atoms with E-state index in [-0.39, 0.29) is 0 Å². The van der Waals surface area contributed by atoms with Crippen LogP contribution >= 0.6 is 23.2 Å². The largest absolute Gasteiger partial charge is 0.399 e. The van der Waals surface area contributed by atoms with Gasteiger partial charge in [0, 0.05) is 17.4 Å². The molecule has 0 aliphatic heterocycles. The molecular formula is C13H8Cl2N4O. The lowest BCUT2D eigenvalue weighted by Crippen LogP contribution is -1.87. The van der Waals surface area contributed by atoms with Crippen LogP contribution in [0.5, 0.6) is 0 Å². The lowest BCUT2D eigenvalue weighted by atomic mass is 10.2. The van der Waals surface area contributed by atoms with Gasteiger partial charge in [-0.1, -0.05) is 28.4 Å². The highest BCUT2D eigenvalue weighted by Gasteiger charge is 2.14. The van der Waals surface area contributed by atoms with Crippen molar-refractivity contribution in [3.05, 3.63) is 46.6 Å². The van der Waals surface area contributed by atoms with Crippen molar-refractivity contribution < 1.29 is 4.52 Å². The SMILES string of the molecule is Nc1ccc(-c2nc(-c3ncc(Cl)cc3Cl)no2)cc1. The molecule has 3 rings (SSSR count). The number of aromatic nitrogens is 3. The quantitative estimate of drug-likeness (QED) is 0.731. The maximum absolute atomic E-state index is 6.05. The Hall–Kier alpha value is -2.11. The summed E-state index contributed by atoms with van der Waals surface area (Å²) in [5.74, 6) is 0.673. The van der Waals surface area contributed by atoms with Gasteiger partial charge < -0.3 is 10.3 Å². The van der Waals surface area contributed by atoms with Crippen molar-refractivity contribution in [2.75, 3.05) is 5.73 Å². The highest BCUT2D eigenvalue weighted by Crippen LogP contribution is 2.28. The first-order valence-corrected chi connectivity index (χ1v) is 6.40. The van der Waals surface area contributed by atoms with Crippen molar-refractivity contribution in [3.8, 4) is 23.0 Å². The van der Waals surface area contributed by atoms with Crippen LogP contribution < -0.4 is 5.73 Å². The second-order valence-corrected chi connectivity index (χ2v) is 4.87. The molecule has 2 heterocycles. The summed E-state index contributed by atoms with van der Waals surface area (Å²) in [5, 5.41) is 4.68. The Balaban J connectivity index is 1.99. The molecule has 0 unspecified atom stereocenters. The van der Waals surface area contributed by atoms with Gasteiger partial charge in [0.05, 0.1) is 10.0 Å². The van der Waals surface area contributed by atoms with E-state index in [0.717, 1.165) is 5.56 Å². The first-order chi connectivity index (χ1) is 9.63. The van der Waals surface area contributed by atoms with E-state index in [9.17, 15) is 0 Å². The first kappa shape index (κ1) is 12.9. The number of pyridine rings is 1. The minimum atomic E-state index is 0.304. The Morgan fingerprint density at radius 3 is 2.55 bits per heavy atom. The van der Waals surface area contributed by atoms with Gasteiger partial charge in [-0.15, -0.1) is 0 Å². The number of halogens is 2. The Kier molecular flexibility index (Phi) is 3.30. The van der Waals surface area contributed by atoms with Crippen molar-refractivity contribution in [1.82, 2.24) is 15.1 Å². The van der Waals surface area contributed by atoms with Crippen LogP contribution in [0.15, 0.2) is 41.1 Å². The normalized spacial score (nSPS) is 10.7. The van der Waals surface area contributed by atoms with E-state index in [1.165, 1.54) is 6.20 Å². The topological polar surface area (TPSA) is 77.8 Å². The Morgan fingerprint density at radius 2 is 1.85 bits per heavy atom. The number of nitrogen functional groups attached to an aromatic ring is 1. The van der Waals surface area contributed by atoms with E-state index in [1.54, 1.807) is 30.3 Å². The van der Waals surface area contributed by atoms with E-state index in [4.69, 9.17) is 33.5 Å². The highest BCUT2D eigenvalue weighted by atomic mass is 35.5. The zero-order valence-electron chi connectivity index (χ0n) is 10.0. The molecule has 7 heteroatoms. The molecule has 100 valence electrons. The third-order valence-corrected chi connectivity index (χ3v) is 3.10. The summed E-state index contributed by atoms with van der Waals surface area (Å²) < 4.78 is 5.20. The van der Waals surface area contributed by atoms with E-state index in [0.29, 0.717) is 33.1 Å². The average molecular weight is 307 g/mol. The molecule has 0 amide bonds. The maximum Gasteiger partial charge on any atom is 0.258 e. The highest BCUT2D eigenvalue weighted by molar-refractivity contribution is 6.35. The minimum Gasteiger partial charge on any atom is -0.399 e. The number of hydrogen-bond acceptors (Lipinski definition) is 5. The molecular weight excluding hydrogens is 299 g/mol. The fourth-order valence-corrected chi connectivity index (χ4v) is 2.11. The monoisotopic (exact) mass is 306 g/mol. The summed E-state index contributed by atoms with van der Waals surface area (Å²) >= 11 is 11.9. The van der Waals surface area contributed by atoms with Crippen molar-refractivity contribution in [3.63, 3.8) is 0 Å². The van der Waals surface area contributed by atoms with Crippen LogP contribution in [0.4, 0.5) is 5.69 Å². The fraction of sp³-hybridized carbons (Fsp3) is 0. The summed E-state index contributed by atoms with van der Waals surface area (Å²) in [6.45, 7) is 0. The second-order valence-electron chi connectivity index (χ2n) is 4.03. The lowest BCUT2D eigenvalue weighted by Gasteiger charge is -1.97. The van der Waals surface area contributed by atoms with Crippen LogP contribution in [-0.2, 0) is 0 Å². The molecule has 0 fully saturated rings. The molecule has 2 aromatic heterocycles. The third-order valence-electron chi connectivity index (χ3n) is 2.60. The fourth-order valence-electron chi connectivity index (χ4n) is 1.64. The summed E-state index contributed by atoms with van der Waals surface area (Å²) in [5.41, 5.74) is 7.48. The molecule has 0 saturated carbocycles. The molecule has 0 radical (unpaired) electrons. The van der Waals surface area contributed by atoms with Crippen LogP contribution in [0.2, 0.25) is 10.0 Å². The predicted octanol–water partition coefficient (Wildman–Crippen LogP) is 3.69. The zero-order chi connectivity index (χ0) is 14.1. The number of rotatable bonds is 2. The minimum absolute atomic E-state index is 0.304. The molecule has 0 aliphatic carbocycles. The van der Waals surface area contributed by atoms with E-state index < -0.39 is 0 Å². The van der Waals surface area contributed by atoms with Gasteiger partial charge in [-0.25, -0.2) is 4.98 Å². The summed E-state index contributed by atoms with van der Waals surface area (Å²) in [6, 6.07) is 8.68. The Morgan fingerprint density at radius 1 is 1.10 bits per heavy atom. The first-order valence-electron chi connectivity index (χ1n) is 5.64. The van der Waals surface area contributed by atoms with Gasteiger partial charge in [0.2, 0.25) is 5.82 Å². The third kappa shape index (κ3) is 2.45. The molecule has 1 aromatic carbocycles. The van der Waals surface area contributed by atoms with Crippen LogP contribution in [0.3, 0.4) is 0 Å². The lowest BCUT2D eigenvalue weighted by molar-refractivity contribution is 0.432. The molecule has 0 atom stereocenters. The molecule has 0 bridgehead atoms. The van der Waals surface area contributed by atoms with Crippen LogP contribution in [-0.4, -0.2) is 15.1 Å². The van der Waals surface area contributed by atoms with Crippen LogP contribution in [0.1, 0.15) is 0 Å². The average Bonchev–Trinajstić information content (AvgIpc) is 2.89. The standard InChI is InChI=1S/C13H8Cl2N4O/c14-8-5-10(15)11(17-6-8)12-18-13(20-19-12)7-1-3-9(16)4-2-7/h1-6H,16H2. The Labute approximate surface area is 124 Å². The second kappa shape index (κ2) is 5.11. The molecule has 0 spiro atoms. The van der Waals surface area contributed by atoms with Crippen LogP contribution in [0.25, 0.3) is 23.0 Å². The van der Waals surface area contributed by atoms with E-state index in [1.807, 2.05) is 0 Å². The summed E-state index contributed by atoms with van der Waals surface area (Å²) in [7, 11) is 0. The molecule has 2 N–H and O–H groups in total. The molecule has 0 saturated heterocycles. The van der Waals surface area contributed by atoms with Crippen molar-refractivity contribution in [2.24, 2.45) is 0 Å². The zero-order valence-corrected chi connectivity index (χ0v) is 11.6. The van der Waals surface area contributed by atoms with Crippen molar-refractivity contribution >= 4 is 28.9 Å². The van der Waals surface area contributed by atoms with Gasteiger partial charge >= 0.3 is 0 Å². The van der Waals surface area contributed by atoms with Crippen molar-refractivity contribution in [2.45, 2.75) is 0 Å². The number of anilines is 1. The number of benzene rings is 1. The van der Waals surface area contributed by atoms with Gasteiger partial charge in [-0.05, 0) is 30.3 Å². The number of nitrogens with two attached hydrogens (primary N) is 1. The van der Waals surface area contributed by atoms with Gasteiger partial charge in [-0.2, -0.15) is 4.98 Å². The molecule has 3 aromatic rings. The number of nitrogens with zero attached hydrogens (tertiary/aromatic N) is 3. The molecule has 0 aliphatic rings. The Bertz CT molecular complexity index is 755. The summed E-state index contributed by atoms with van der Waals surface area (Å²) in [4.78, 5) is 8.36. The molecule has 20 heavy (non-hydrogen) atoms. The van der Waals surface area contributed by atoms with Gasteiger partial charge in [0.15, 0.2) is 0 Å². The van der Waals surface area contributed by atoms with Gasteiger partial charge in [-0.3, -0.25) is 0 Å². The van der Waals surface area contributed by atoms with Crippen LogP contribution in [0, 0.1) is 0 Å². The van der Waals surface area contributed by atoms with Gasteiger partial charge in [0.1, 0.15) is 5.69 Å². The maximum atomic E-state index is 6.05. The van der Waals surface area contributed by atoms with E-state index in [2.05, 4.69) is 15.1 Å². The molecule has 5 nitrogen and oxygen atoms in total. The smallest absolute Gasteiger partial charge is 0.258 e. The van der Waals surface area contributed by atoms with E-state index >= 15 is 0 Å². The predicted molar refractivity (Wildman–Crippen MR) is 77.4 cm³/mol.